The molecule has 7 heteroatoms. The average Bonchev–Trinajstić information content (AvgIpc) is 3.30. The molecule has 4 rings (SSSR count). The molecule has 3 aromatic heterocycles. The number of imidazole rings is 1. The summed E-state index contributed by atoms with van der Waals surface area (Å²) in [4.78, 5) is 26.0. The third-order valence-electron chi connectivity index (χ3n) is 4.94. The van der Waals surface area contributed by atoms with Gasteiger partial charge in [-0.25, -0.2) is 14.8 Å². The van der Waals surface area contributed by atoms with Crippen molar-refractivity contribution in [2.75, 3.05) is 19.7 Å². The Balaban J connectivity index is 1.76. The SMILES string of the molecule is CCOC(=O)N1C[C@@H](CC)[C@@H](c2cnc3cnc4[nH]ccc4n23)C1. The van der Waals surface area contributed by atoms with Crippen LogP contribution in [0, 0.1) is 5.92 Å². The molecule has 24 heavy (non-hydrogen) atoms. The highest BCUT2D eigenvalue weighted by Crippen LogP contribution is 2.36. The molecule has 0 radical (unpaired) electrons. The minimum Gasteiger partial charge on any atom is -0.450 e. The Morgan fingerprint density at radius 1 is 1.33 bits per heavy atom. The van der Waals surface area contributed by atoms with Crippen molar-refractivity contribution < 1.29 is 9.53 Å². The lowest BCUT2D eigenvalue weighted by atomic mass is 9.91. The topological polar surface area (TPSA) is 75.5 Å². The van der Waals surface area contributed by atoms with Crippen LogP contribution in [0.2, 0.25) is 0 Å². The van der Waals surface area contributed by atoms with Crippen molar-refractivity contribution in [1.82, 2.24) is 24.3 Å². The zero-order chi connectivity index (χ0) is 16.7. The zero-order valence-corrected chi connectivity index (χ0v) is 13.9. The standard InChI is InChI=1S/C17H21N5O2/c1-3-11-9-21(17(23)24-4-2)10-12(11)14-7-19-15-8-20-16-13(22(14)15)5-6-18-16/h5-8,11-12,18H,3-4,9-10H2,1-2H3/t11-,12+/m1/s1. The van der Waals surface area contributed by atoms with Gasteiger partial charge in [-0.1, -0.05) is 13.3 Å². The van der Waals surface area contributed by atoms with Gasteiger partial charge in [0.15, 0.2) is 11.3 Å². The number of carbonyl (C=O) groups is 1. The predicted octanol–water partition coefficient (Wildman–Crippen LogP) is 2.79. The number of likely N-dealkylation sites (tertiary alicyclic amines) is 1. The molecular formula is C17H21N5O2. The highest BCUT2D eigenvalue weighted by Gasteiger charge is 2.37. The molecule has 2 atom stereocenters. The van der Waals surface area contributed by atoms with Gasteiger partial charge in [-0.15, -0.1) is 0 Å². The van der Waals surface area contributed by atoms with E-state index in [1.54, 1.807) is 6.20 Å². The summed E-state index contributed by atoms with van der Waals surface area (Å²) in [5.41, 5.74) is 3.83. The molecule has 1 aliphatic heterocycles. The fourth-order valence-electron chi connectivity index (χ4n) is 3.74. The van der Waals surface area contributed by atoms with Gasteiger partial charge in [-0.05, 0) is 18.9 Å². The van der Waals surface area contributed by atoms with Crippen LogP contribution in [0.25, 0.3) is 16.8 Å². The first-order valence-corrected chi connectivity index (χ1v) is 8.44. The Morgan fingerprint density at radius 2 is 2.21 bits per heavy atom. The van der Waals surface area contributed by atoms with Gasteiger partial charge in [0.2, 0.25) is 0 Å². The van der Waals surface area contributed by atoms with E-state index in [2.05, 4.69) is 26.3 Å². The summed E-state index contributed by atoms with van der Waals surface area (Å²) < 4.78 is 7.33. The molecule has 1 aliphatic rings. The lowest BCUT2D eigenvalue weighted by Crippen LogP contribution is -2.29. The van der Waals surface area contributed by atoms with Gasteiger partial charge in [0.05, 0.1) is 18.3 Å². The maximum Gasteiger partial charge on any atom is 0.409 e. The molecule has 1 saturated heterocycles. The second kappa shape index (κ2) is 5.81. The highest BCUT2D eigenvalue weighted by atomic mass is 16.6. The van der Waals surface area contributed by atoms with Crippen molar-refractivity contribution >= 4 is 22.9 Å². The molecule has 7 nitrogen and oxygen atoms in total. The number of nitrogens with one attached hydrogen (secondary N) is 1. The molecule has 0 spiro atoms. The first-order chi connectivity index (χ1) is 11.7. The second-order valence-electron chi connectivity index (χ2n) is 6.23. The Morgan fingerprint density at radius 3 is 3.00 bits per heavy atom. The molecule has 0 unspecified atom stereocenters. The number of hydrogen-bond donors (Lipinski definition) is 1. The van der Waals surface area contributed by atoms with Crippen molar-refractivity contribution in [2.45, 2.75) is 26.2 Å². The number of hydrogen-bond acceptors (Lipinski definition) is 4. The van der Waals surface area contributed by atoms with Crippen LogP contribution in [0.1, 0.15) is 31.9 Å². The van der Waals surface area contributed by atoms with Gasteiger partial charge >= 0.3 is 6.09 Å². The molecule has 0 aromatic carbocycles. The number of carbonyl (C=O) groups excluding carboxylic acids is 1. The molecule has 4 heterocycles. The molecule has 0 bridgehead atoms. The molecule has 126 valence electrons. The van der Waals surface area contributed by atoms with Crippen LogP contribution in [0.15, 0.2) is 24.7 Å². The first-order valence-electron chi connectivity index (χ1n) is 8.44. The summed E-state index contributed by atoms with van der Waals surface area (Å²) in [7, 11) is 0. The third kappa shape index (κ3) is 2.23. The number of fused-ring (bicyclic) bond motifs is 3. The first kappa shape index (κ1) is 15.0. The van der Waals surface area contributed by atoms with E-state index >= 15 is 0 Å². The average molecular weight is 327 g/mol. The van der Waals surface area contributed by atoms with Crippen molar-refractivity contribution in [3.05, 3.63) is 30.4 Å². The molecule has 1 fully saturated rings. The number of aromatic amines is 1. The van der Waals surface area contributed by atoms with E-state index in [-0.39, 0.29) is 12.0 Å². The Labute approximate surface area is 139 Å². The monoisotopic (exact) mass is 327 g/mol. The van der Waals surface area contributed by atoms with E-state index in [0.29, 0.717) is 19.1 Å². The van der Waals surface area contributed by atoms with Gasteiger partial charge in [0.25, 0.3) is 0 Å². The second-order valence-corrected chi connectivity index (χ2v) is 6.23. The molecule has 0 saturated carbocycles. The summed E-state index contributed by atoms with van der Waals surface area (Å²) in [6.45, 7) is 5.81. The lowest BCUT2D eigenvalue weighted by Gasteiger charge is -2.16. The van der Waals surface area contributed by atoms with Crippen LogP contribution in [0.5, 0.6) is 0 Å². The van der Waals surface area contributed by atoms with Crippen LogP contribution >= 0.6 is 0 Å². The quantitative estimate of drug-likeness (QED) is 0.802. The van der Waals surface area contributed by atoms with Crippen LogP contribution in [0.4, 0.5) is 4.79 Å². The smallest absolute Gasteiger partial charge is 0.409 e. The normalized spacial score (nSPS) is 21.0. The zero-order valence-electron chi connectivity index (χ0n) is 13.9. The fourth-order valence-corrected chi connectivity index (χ4v) is 3.74. The maximum atomic E-state index is 12.1. The summed E-state index contributed by atoms with van der Waals surface area (Å²) in [6, 6.07) is 2.01. The largest absolute Gasteiger partial charge is 0.450 e. The Hall–Kier alpha value is -2.57. The maximum absolute atomic E-state index is 12.1. The number of H-pyrrole nitrogens is 1. The van der Waals surface area contributed by atoms with Crippen molar-refractivity contribution in [3.8, 4) is 0 Å². The lowest BCUT2D eigenvalue weighted by molar-refractivity contribution is 0.114. The minimum absolute atomic E-state index is 0.222. The van der Waals surface area contributed by atoms with Gasteiger partial charge < -0.3 is 14.6 Å². The molecule has 1 N–H and O–H groups in total. The number of amides is 1. The van der Waals surface area contributed by atoms with Crippen LogP contribution < -0.4 is 0 Å². The van der Waals surface area contributed by atoms with E-state index in [4.69, 9.17) is 4.74 Å². The van der Waals surface area contributed by atoms with Gasteiger partial charge in [-0.2, -0.15) is 0 Å². The van der Waals surface area contributed by atoms with E-state index in [9.17, 15) is 4.79 Å². The summed E-state index contributed by atoms with van der Waals surface area (Å²) in [5.74, 6) is 0.645. The number of aromatic nitrogens is 4. The number of nitrogens with zero attached hydrogens (tertiary/aromatic N) is 4. The predicted molar refractivity (Wildman–Crippen MR) is 90.0 cm³/mol. The van der Waals surface area contributed by atoms with Crippen LogP contribution in [-0.2, 0) is 4.74 Å². The summed E-state index contributed by atoms with van der Waals surface area (Å²) >= 11 is 0. The minimum atomic E-state index is -0.222. The number of ether oxygens (including phenoxy) is 1. The fraction of sp³-hybridized carbons (Fsp3) is 0.471. The molecular weight excluding hydrogens is 306 g/mol. The van der Waals surface area contributed by atoms with Gasteiger partial charge in [0.1, 0.15) is 0 Å². The van der Waals surface area contributed by atoms with Crippen LogP contribution in [-0.4, -0.2) is 50.0 Å². The summed E-state index contributed by atoms with van der Waals surface area (Å²) in [6.07, 6.45) is 6.38. The summed E-state index contributed by atoms with van der Waals surface area (Å²) in [5, 5.41) is 0. The van der Waals surface area contributed by atoms with E-state index in [1.165, 1.54) is 0 Å². The highest BCUT2D eigenvalue weighted by molar-refractivity contribution is 5.75. The van der Waals surface area contributed by atoms with Gasteiger partial charge in [-0.3, -0.25) is 4.40 Å². The Bertz CT molecular complexity index is 884. The van der Waals surface area contributed by atoms with E-state index < -0.39 is 0 Å². The van der Waals surface area contributed by atoms with Crippen LogP contribution in [0.3, 0.4) is 0 Å². The van der Waals surface area contributed by atoms with Gasteiger partial charge in [0, 0.05) is 37.1 Å². The van der Waals surface area contributed by atoms with E-state index in [0.717, 1.165) is 35.5 Å². The van der Waals surface area contributed by atoms with Crippen molar-refractivity contribution in [2.24, 2.45) is 5.92 Å². The van der Waals surface area contributed by atoms with Crippen molar-refractivity contribution in [1.29, 1.82) is 0 Å². The molecule has 0 aliphatic carbocycles. The Kier molecular flexibility index (Phi) is 3.63. The van der Waals surface area contributed by atoms with E-state index in [1.807, 2.05) is 30.3 Å². The molecule has 1 amide bonds. The molecule has 3 aromatic rings. The number of rotatable bonds is 3. The van der Waals surface area contributed by atoms with Crippen molar-refractivity contribution in [3.63, 3.8) is 0 Å². The third-order valence-corrected chi connectivity index (χ3v) is 4.94.